The lowest BCUT2D eigenvalue weighted by Crippen LogP contribution is -2.27. The van der Waals surface area contributed by atoms with E-state index in [1.54, 1.807) is 11.3 Å². The van der Waals surface area contributed by atoms with Gasteiger partial charge in [-0.15, -0.1) is 11.3 Å². The van der Waals surface area contributed by atoms with Crippen LogP contribution in [0, 0.1) is 6.92 Å². The van der Waals surface area contributed by atoms with E-state index in [-0.39, 0.29) is 5.91 Å². The van der Waals surface area contributed by atoms with Crippen molar-refractivity contribution >= 4 is 22.9 Å². The molecule has 0 bridgehead atoms. The number of hydrogen-bond acceptors (Lipinski definition) is 4. The number of benzene rings is 2. The van der Waals surface area contributed by atoms with Gasteiger partial charge in [0.1, 0.15) is 5.01 Å². The number of amides is 1. The molecule has 1 aromatic heterocycles. The second-order valence-corrected chi connectivity index (χ2v) is 8.79. The zero-order chi connectivity index (χ0) is 20.2. The Hall–Kier alpha value is -2.50. The van der Waals surface area contributed by atoms with Gasteiger partial charge in [0, 0.05) is 23.7 Å². The van der Waals surface area contributed by atoms with Gasteiger partial charge < -0.3 is 5.32 Å². The van der Waals surface area contributed by atoms with Gasteiger partial charge in [-0.1, -0.05) is 42.0 Å². The van der Waals surface area contributed by atoms with Crippen LogP contribution in [0.25, 0.3) is 0 Å². The largest absolute Gasteiger partial charge is 0.326 e. The maximum Gasteiger partial charge on any atom is 0.231 e. The lowest BCUT2D eigenvalue weighted by molar-refractivity contribution is -0.115. The molecule has 1 N–H and O–H groups in total. The van der Waals surface area contributed by atoms with Crippen LogP contribution in [-0.2, 0) is 24.2 Å². The van der Waals surface area contributed by atoms with Crippen molar-refractivity contribution in [1.82, 2.24) is 9.88 Å². The van der Waals surface area contributed by atoms with Gasteiger partial charge in [-0.05, 0) is 56.5 Å². The highest BCUT2D eigenvalue weighted by Crippen LogP contribution is 2.34. The van der Waals surface area contributed by atoms with Crippen LogP contribution in [0.1, 0.15) is 46.3 Å². The van der Waals surface area contributed by atoms with E-state index in [0.717, 1.165) is 22.9 Å². The molecule has 0 unspecified atom stereocenters. The molecule has 1 aliphatic rings. The number of anilines is 1. The summed E-state index contributed by atoms with van der Waals surface area (Å²) in [6, 6.07) is 17.1. The molecule has 0 saturated heterocycles. The van der Waals surface area contributed by atoms with Gasteiger partial charge in [0.25, 0.3) is 0 Å². The molecule has 3 aromatic rings. The van der Waals surface area contributed by atoms with Crippen molar-refractivity contribution in [3.05, 3.63) is 81.3 Å². The molecule has 29 heavy (non-hydrogen) atoms. The Bertz CT molecular complexity index is 980. The van der Waals surface area contributed by atoms with E-state index < -0.39 is 0 Å². The van der Waals surface area contributed by atoms with Gasteiger partial charge in [-0.2, -0.15) is 0 Å². The van der Waals surface area contributed by atoms with Gasteiger partial charge in [0.15, 0.2) is 0 Å². The molecule has 1 heterocycles. The maximum absolute atomic E-state index is 12.3. The standard InChI is InChI=1S/C24H27N3OS/c1-17-10-12-19(13-11-17)25-23(28)14-24-26-20(16-29-24)15-27(2)22-9-5-7-18-6-3-4-8-21(18)22/h3-4,6,8,10-13,16,22H,5,7,9,14-15H2,1-2H3,(H,25,28)/t22-/m0/s1. The smallest absolute Gasteiger partial charge is 0.231 e. The first-order chi connectivity index (χ1) is 14.1. The minimum absolute atomic E-state index is 0.0238. The zero-order valence-electron chi connectivity index (χ0n) is 17.0. The molecular formula is C24H27N3OS. The third-order valence-corrected chi connectivity index (χ3v) is 6.43. The number of thiazole rings is 1. The topological polar surface area (TPSA) is 45.2 Å². The van der Waals surface area contributed by atoms with Crippen molar-refractivity contribution < 1.29 is 4.79 Å². The molecule has 0 aliphatic heterocycles. The fraction of sp³-hybridized carbons (Fsp3) is 0.333. The molecule has 4 nitrogen and oxygen atoms in total. The summed E-state index contributed by atoms with van der Waals surface area (Å²) in [5.74, 6) is -0.0238. The van der Waals surface area contributed by atoms with Crippen LogP contribution in [0.3, 0.4) is 0 Å². The minimum Gasteiger partial charge on any atom is -0.326 e. The Morgan fingerprint density at radius 2 is 2.00 bits per heavy atom. The van der Waals surface area contributed by atoms with Gasteiger partial charge in [-0.25, -0.2) is 4.98 Å². The molecule has 1 amide bonds. The summed E-state index contributed by atoms with van der Waals surface area (Å²) >= 11 is 1.57. The van der Waals surface area contributed by atoms with Crippen LogP contribution in [0.4, 0.5) is 5.69 Å². The molecule has 1 aliphatic carbocycles. The molecule has 5 heteroatoms. The normalized spacial score (nSPS) is 15.9. The molecule has 0 radical (unpaired) electrons. The van der Waals surface area contributed by atoms with E-state index in [1.807, 2.05) is 31.2 Å². The van der Waals surface area contributed by atoms with E-state index in [0.29, 0.717) is 12.5 Å². The van der Waals surface area contributed by atoms with Crippen molar-refractivity contribution in [2.24, 2.45) is 0 Å². The Morgan fingerprint density at radius 1 is 1.21 bits per heavy atom. The summed E-state index contributed by atoms with van der Waals surface area (Å²) in [6.45, 7) is 2.83. The summed E-state index contributed by atoms with van der Waals surface area (Å²) in [4.78, 5) is 19.4. The quantitative estimate of drug-likeness (QED) is 0.617. The molecule has 0 fully saturated rings. The highest BCUT2D eigenvalue weighted by atomic mass is 32.1. The molecule has 0 saturated carbocycles. The predicted molar refractivity (Wildman–Crippen MR) is 119 cm³/mol. The summed E-state index contributed by atoms with van der Waals surface area (Å²) < 4.78 is 0. The van der Waals surface area contributed by atoms with Crippen LogP contribution in [-0.4, -0.2) is 22.8 Å². The van der Waals surface area contributed by atoms with Crippen molar-refractivity contribution in [2.45, 2.75) is 45.2 Å². The lowest BCUT2D eigenvalue weighted by Gasteiger charge is -2.32. The fourth-order valence-corrected chi connectivity index (χ4v) is 4.82. The summed E-state index contributed by atoms with van der Waals surface area (Å²) in [7, 11) is 2.18. The number of aryl methyl sites for hydroxylation is 2. The maximum atomic E-state index is 12.3. The molecule has 4 rings (SSSR count). The molecule has 150 valence electrons. The van der Waals surface area contributed by atoms with Crippen LogP contribution in [0.2, 0.25) is 0 Å². The average Bonchev–Trinajstić information content (AvgIpc) is 3.15. The second-order valence-electron chi connectivity index (χ2n) is 7.85. The average molecular weight is 406 g/mol. The number of hydrogen-bond donors (Lipinski definition) is 1. The predicted octanol–water partition coefficient (Wildman–Crippen LogP) is 5.14. The highest BCUT2D eigenvalue weighted by molar-refractivity contribution is 7.09. The van der Waals surface area contributed by atoms with E-state index in [4.69, 9.17) is 4.98 Å². The van der Waals surface area contributed by atoms with Crippen LogP contribution >= 0.6 is 11.3 Å². The molecule has 1 atom stereocenters. The van der Waals surface area contributed by atoms with Crippen molar-refractivity contribution in [3.8, 4) is 0 Å². The third kappa shape index (κ3) is 4.92. The first-order valence-corrected chi connectivity index (χ1v) is 11.0. The number of carbonyl (C=O) groups excluding carboxylic acids is 1. The number of nitrogens with zero attached hydrogens (tertiary/aromatic N) is 2. The Labute approximate surface area is 176 Å². The van der Waals surface area contributed by atoms with E-state index in [2.05, 4.69) is 46.9 Å². The van der Waals surface area contributed by atoms with E-state index in [9.17, 15) is 4.79 Å². The van der Waals surface area contributed by atoms with Crippen molar-refractivity contribution in [1.29, 1.82) is 0 Å². The summed E-state index contributed by atoms with van der Waals surface area (Å²) in [6.07, 6.45) is 3.91. The van der Waals surface area contributed by atoms with Crippen LogP contribution in [0.5, 0.6) is 0 Å². The fourth-order valence-electron chi connectivity index (χ4n) is 4.03. The van der Waals surface area contributed by atoms with E-state index >= 15 is 0 Å². The number of rotatable bonds is 6. The zero-order valence-corrected chi connectivity index (χ0v) is 17.8. The SMILES string of the molecule is Cc1ccc(NC(=O)Cc2nc(CN(C)[C@H]3CCCc4ccccc43)cs2)cc1. The molecule has 2 aromatic carbocycles. The summed E-state index contributed by atoms with van der Waals surface area (Å²) in [5.41, 5.74) is 5.97. The lowest BCUT2D eigenvalue weighted by atomic mass is 9.87. The van der Waals surface area contributed by atoms with E-state index in [1.165, 1.54) is 36.0 Å². The van der Waals surface area contributed by atoms with Crippen molar-refractivity contribution in [3.63, 3.8) is 0 Å². The monoisotopic (exact) mass is 405 g/mol. The summed E-state index contributed by atoms with van der Waals surface area (Å²) in [5, 5.41) is 5.89. The highest BCUT2D eigenvalue weighted by Gasteiger charge is 2.24. The van der Waals surface area contributed by atoms with Gasteiger partial charge in [0.05, 0.1) is 12.1 Å². The third-order valence-electron chi connectivity index (χ3n) is 5.53. The molecule has 0 spiro atoms. The number of nitrogens with one attached hydrogen (secondary N) is 1. The van der Waals surface area contributed by atoms with Crippen LogP contribution < -0.4 is 5.32 Å². The first kappa shape index (κ1) is 19.8. The van der Waals surface area contributed by atoms with Crippen LogP contribution in [0.15, 0.2) is 53.9 Å². The molecular weight excluding hydrogens is 378 g/mol. The number of carbonyl (C=O) groups is 1. The Morgan fingerprint density at radius 3 is 2.83 bits per heavy atom. The minimum atomic E-state index is -0.0238. The van der Waals surface area contributed by atoms with Gasteiger partial charge >= 0.3 is 0 Å². The first-order valence-electron chi connectivity index (χ1n) is 10.2. The number of fused-ring (bicyclic) bond motifs is 1. The van der Waals surface area contributed by atoms with Crippen molar-refractivity contribution in [2.75, 3.05) is 12.4 Å². The number of aromatic nitrogens is 1. The Balaban J connectivity index is 1.36. The van der Waals surface area contributed by atoms with Gasteiger partial charge in [-0.3, -0.25) is 9.69 Å². The second kappa shape index (κ2) is 8.89. The Kier molecular flexibility index (Phi) is 6.07. The van der Waals surface area contributed by atoms with Gasteiger partial charge in [0.2, 0.25) is 5.91 Å².